The van der Waals surface area contributed by atoms with E-state index in [1.807, 2.05) is 19.2 Å². The molecule has 2 saturated heterocycles. The van der Waals surface area contributed by atoms with Gasteiger partial charge in [0.2, 0.25) is 0 Å². The topological polar surface area (TPSA) is 86.8 Å². The van der Waals surface area contributed by atoms with Gasteiger partial charge in [0.15, 0.2) is 5.65 Å². The lowest BCUT2D eigenvalue weighted by molar-refractivity contribution is 0.0601. The van der Waals surface area contributed by atoms with Crippen LogP contribution in [0.1, 0.15) is 53.8 Å². The highest BCUT2D eigenvalue weighted by molar-refractivity contribution is 5.95. The fourth-order valence-corrected chi connectivity index (χ4v) is 5.24. The second kappa shape index (κ2) is 9.17. The van der Waals surface area contributed by atoms with E-state index in [2.05, 4.69) is 17.9 Å². The summed E-state index contributed by atoms with van der Waals surface area (Å²) in [7, 11) is 1.47. The Morgan fingerprint density at radius 3 is 2.80 bits per heavy atom. The number of likely N-dealkylation sites (tertiary alicyclic amines) is 1. The van der Waals surface area contributed by atoms with E-state index in [1.54, 1.807) is 15.5 Å². The number of hydrogen-bond donors (Lipinski definition) is 0. The molecule has 3 atom stereocenters. The van der Waals surface area contributed by atoms with Gasteiger partial charge in [0, 0.05) is 43.5 Å². The fraction of sp³-hybridized carbons (Fsp3) is 0.462. The van der Waals surface area contributed by atoms with Crippen molar-refractivity contribution in [3.63, 3.8) is 0 Å². The summed E-state index contributed by atoms with van der Waals surface area (Å²) >= 11 is 0. The number of hydrogen-bond acceptors (Lipinski definition) is 6. The second-order valence-corrected chi connectivity index (χ2v) is 9.59. The van der Waals surface area contributed by atoms with Gasteiger partial charge >= 0.3 is 0 Å². The normalized spacial score (nSPS) is 22.4. The molecule has 35 heavy (non-hydrogen) atoms. The Kier molecular flexibility index (Phi) is 6.05. The first kappa shape index (κ1) is 23.1. The van der Waals surface area contributed by atoms with E-state index in [-0.39, 0.29) is 29.3 Å². The number of fused-ring (bicyclic) bond motifs is 1. The minimum absolute atomic E-state index is 0.00643. The molecule has 0 spiro atoms. The maximum absolute atomic E-state index is 14.7. The number of piperidine rings is 1. The van der Waals surface area contributed by atoms with E-state index in [1.165, 1.54) is 19.2 Å². The molecule has 182 valence electrons. The number of benzene rings is 1. The summed E-state index contributed by atoms with van der Waals surface area (Å²) in [6.45, 7) is 6.10. The van der Waals surface area contributed by atoms with Gasteiger partial charge in [-0.1, -0.05) is 6.92 Å². The molecule has 9 heteroatoms. The Morgan fingerprint density at radius 2 is 2.09 bits per heavy atom. The lowest BCUT2D eigenvalue weighted by Crippen LogP contribution is -2.39. The van der Waals surface area contributed by atoms with E-state index >= 15 is 0 Å². The molecule has 2 aliphatic rings. The quantitative estimate of drug-likeness (QED) is 0.562. The van der Waals surface area contributed by atoms with Crippen molar-refractivity contribution < 1.29 is 13.9 Å². The number of nitriles is 1. The van der Waals surface area contributed by atoms with Gasteiger partial charge in [0.25, 0.3) is 5.91 Å². The van der Waals surface area contributed by atoms with Crippen LogP contribution in [0.15, 0.2) is 30.5 Å². The van der Waals surface area contributed by atoms with Gasteiger partial charge in [-0.15, -0.1) is 0 Å². The highest BCUT2D eigenvalue weighted by Gasteiger charge is 2.33. The minimum atomic E-state index is -0.592. The Morgan fingerprint density at radius 1 is 1.26 bits per heavy atom. The van der Waals surface area contributed by atoms with Gasteiger partial charge in [0.05, 0.1) is 36.4 Å². The molecule has 2 aromatic heterocycles. The third-order valence-electron chi connectivity index (χ3n) is 7.21. The largest absolute Gasteiger partial charge is 0.497 e. The SMILES string of the molecule is COc1ccc(C(=O)N2CCCC[C@H]2c2cc3nc(N4C[C@@H](C#N)[C@@H](C)C4)c(C)cn3n2)c(F)c1. The molecular formula is C26H29FN6O2. The number of ether oxygens (including phenoxy) is 1. The van der Waals surface area contributed by atoms with Crippen molar-refractivity contribution in [2.24, 2.45) is 11.8 Å². The van der Waals surface area contributed by atoms with E-state index in [0.29, 0.717) is 24.5 Å². The number of carbonyl (C=O) groups excluding carboxylic acids is 1. The molecule has 1 aromatic carbocycles. The van der Waals surface area contributed by atoms with Crippen LogP contribution < -0.4 is 9.64 Å². The van der Waals surface area contributed by atoms with Crippen molar-refractivity contribution >= 4 is 17.4 Å². The van der Waals surface area contributed by atoms with E-state index in [4.69, 9.17) is 14.8 Å². The zero-order valence-corrected chi connectivity index (χ0v) is 20.2. The minimum Gasteiger partial charge on any atom is -0.497 e. The lowest BCUT2D eigenvalue weighted by atomic mass is 9.98. The van der Waals surface area contributed by atoms with Gasteiger partial charge in [-0.3, -0.25) is 4.79 Å². The summed E-state index contributed by atoms with van der Waals surface area (Å²) in [5.41, 5.74) is 2.46. The van der Waals surface area contributed by atoms with Crippen molar-refractivity contribution in [3.05, 3.63) is 53.1 Å². The number of amides is 1. The lowest BCUT2D eigenvalue weighted by Gasteiger charge is -2.34. The molecule has 1 amide bonds. The summed E-state index contributed by atoms with van der Waals surface area (Å²) in [4.78, 5) is 22.1. The number of aryl methyl sites for hydroxylation is 1. The van der Waals surface area contributed by atoms with Crippen LogP contribution in [0.4, 0.5) is 10.2 Å². The first-order chi connectivity index (χ1) is 16.9. The third kappa shape index (κ3) is 4.18. The number of rotatable bonds is 4. The molecule has 0 aliphatic carbocycles. The van der Waals surface area contributed by atoms with Crippen molar-refractivity contribution in [1.82, 2.24) is 19.5 Å². The van der Waals surface area contributed by atoms with Crippen molar-refractivity contribution in [2.45, 2.75) is 39.2 Å². The maximum atomic E-state index is 14.7. The first-order valence-corrected chi connectivity index (χ1v) is 12.1. The third-order valence-corrected chi connectivity index (χ3v) is 7.21. The summed E-state index contributed by atoms with van der Waals surface area (Å²) in [5, 5.41) is 14.2. The molecule has 0 radical (unpaired) electrons. The monoisotopic (exact) mass is 476 g/mol. The average Bonchev–Trinajstić information content (AvgIpc) is 3.45. The number of anilines is 1. The Bertz CT molecular complexity index is 1320. The predicted molar refractivity (Wildman–Crippen MR) is 129 cm³/mol. The van der Waals surface area contributed by atoms with Gasteiger partial charge in [-0.05, 0) is 44.2 Å². The molecular weight excluding hydrogens is 447 g/mol. The van der Waals surface area contributed by atoms with Gasteiger partial charge in [-0.25, -0.2) is 13.9 Å². The van der Waals surface area contributed by atoms with Crippen molar-refractivity contribution in [3.8, 4) is 11.8 Å². The van der Waals surface area contributed by atoms with E-state index in [9.17, 15) is 14.4 Å². The molecule has 2 aliphatic heterocycles. The molecule has 0 saturated carbocycles. The van der Waals surface area contributed by atoms with Gasteiger partial charge in [-0.2, -0.15) is 10.4 Å². The van der Waals surface area contributed by atoms with Gasteiger partial charge in [0.1, 0.15) is 17.4 Å². The number of aromatic nitrogens is 3. The number of halogens is 1. The molecule has 0 bridgehead atoms. The highest BCUT2D eigenvalue weighted by Crippen LogP contribution is 2.34. The molecule has 0 N–H and O–H groups in total. The summed E-state index contributed by atoms with van der Waals surface area (Å²) in [6.07, 6.45) is 4.53. The van der Waals surface area contributed by atoms with Gasteiger partial charge < -0.3 is 14.5 Å². The molecule has 8 nitrogen and oxygen atoms in total. The summed E-state index contributed by atoms with van der Waals surface area (Å²) < 4.78 is 21.5. The van der Waals surface area contributed by atoms with Crippen LogP contribution in [0.3, 0.4) is 0 Å². The smallest absolute Gasteiger partial charge is 0.257 e. The van der Waals surface area contributed by atoms with Crippen LogP contribution in [0, 0.1) is 35.9 Å². The standard InChI is InChI=1S/C26H29FN6O2/c1-16-13-31(15-18(16)12-28)25-17(2)14-33-24(29-25)11-22(30-33)23-6-4-5-9-32(23)26(34)20-8-7-19(35-3)10-21(20)27/h7-8,10-11,14,16,18,23H,4-6,9,13,15H2,1-3H3/t16-,18+,23-/m0/s1. The van der Waals surface area contributed by atoms with Crippen LogP contribution in [0.25, 0.3) is 5.65 Å². The molecule has 2 fully saturated rings. The molecule has 3 aromatic rings. The number of carbonyl (C=O) groups is 1. The zero-order valence-electron chi connectivity index (χ0n) is 20.2. The molecule has 5 rings (SSSR count). The maximum Gasteiger partial charge on any atom is 0.257 e. The summed E-state index contributed by atoms with van der Waals surface area (Å²) in [5.74, 6) is 0.591. The van der Waals surface area contributed by atoms with E-state index < -0.39 is 5.82 Å². The number of nitrogens with zero attached hydrogens (tertiary/aromatic N) is 6. The molecule has 4 heterocycles. The Balaban J connectivity index is 1.45. The fourth-order valence-electron chi connectivity index (χ4n) is 5.24. The Labute approximate surface area is 203 Å². The molecule has 0 unspecified atom stereocenters. The number of methoxy groups -OCH3 is 1. The summed E-state index contributed by atoms with van der Waals surface area (Å²) in [6, 6.07) is 8.39. The average molecular weight is 477 g/mol. The predicted octanol–water partition coefficient (Wildman–Crippen LogP) is 4.15. The Hall–Kier alpha value is -3.67. The van der Waals surface area contributed by atoms with Crippen LogP contribution in [0.2, 0.25) is 0 Å². The highest BCUT2D eigenvalue weighted by atomic mass is 19.1. The van der Waals surface area contributed by atoms with E-state index in [0.717, 1.165) is 42.9 Å². The van der Waals surface area contributed by atoms with Crippen molar-refractivity contribution in [2.75, 3.05) is 31.6 Å². The first-order valence-electron chi connectivity index (χ1n) is 12.1. The van der Waals surface area contributed by atoms with Crippen LogP contribution >= 0.6 is 0 Å². The van der Waals surface area contributed by atoms with Crippen LogP contribution in [-0.4, -0.2) is 52.1 Å². The van der Waals surface area contributed by atoms with Crippen molar-refractivity contribution in [1.29, 1.82) is 5.26 Å². The second-order valence-electron chi connectivity index (χ2n) is 9.59. The van der Waals surface area contributed by atoms with Crippen LogP contribution in [0.5, 0.6) is 5.75 Å². The van der Waals surface area contributed by atoms with Crippen LogP contribution in [-0.2, 0) is 0 Å². The zero-order chi connectivity index (χ0) is 24.7.